The van der Waals surface area contributed by atoms with E-state index in [0.29, 0.717) is 17.2 Å². The fraction of sp³-hybridized carbons (Fsp3) is 0.368. The predicted molar refractivity (Wildman–Crippen MR) is 95.7 cm³/mol. The molecule has 2 aromatic rings. The maximum Gasteiger partial charge on any atom is 0.243 e. The first kappa shape index (κ1) is 16.9. The molecule has 2 fully saturated rings. The van der Waals surface area contributed by atoms with Crippen LogP contribution < -0.4 is 14.2 Å². The van der Waals surface area contributed by atoms with E-state index < -0.39 is 10.0 Å². The Labute approximate surface area is 157 Å². The molecule has 2 aromatic carbocycles. The summed E-state index contributed by atoms with van der Waals surface area (Å²) in [7, 11) is 1.13. The Morgan fingerprint density at radius 2 is 1.33 bits per heavy atom. The Hall–Kier alpha value is -2.29. The molecule has 0 aliphatic carbocycles. The van der Waals surface area contributed by atoms with Crippen molar-refractivity contribution in [1.29, 1.82) is 0 Å². The normalized spacial score (nSPS) is 29.8. The van der Waals surface area contributed by atoms with E-state index >= 15 is 0 Å². The largest absolute Gasteiger partial charge is 0.497 e. The molecular weight excluding hydrogens is 370 g/mol. The molecule has 27 heavy (non-hydrogen) atoms. The maximum atomic E-state index is 13.2. The van der Waals surface area contributed by atoms with Gasteiger partial charge in [0.05, 0.1) is 38.3 Å². The van der Waals surface area contributed by atoms with Gasteiger partial charge in [-0.3, -0.25) is 0 Å². The molecule has 3 aliphatic rings. The summed E-state index contributed by atoms with van der Waals surface area (Å²) in [6.07, 6.45) is -0.679. The Kier molecular flexibility index (Phi) is 3.50. The molecule has 0 N–H and O–H groups in total. The summed E-state index contributed by atoms with van der Waals surface area (Å²) in [6.45, 7) is 0. The molecule has 0 radical (unpaired) electrons. The van der Waals surface area contributed by atoms with Gasteiger partial charge in [-0.1, -0.05) is 0 Å². The Morgan fingerprint density at radius 3 is 1.78 bits per heavy atom. The number of methoxy groups -OCH3 is 3. The minimum atomic E-state index is -3.62. The van der Waals surface area contributed by atoms with Crippen LogP contribution in [0, 0.1) is 0 Å². The number of hydrogen-bond acceptors (Lipinski definition) is 6. The van der Waals surface area contributed by atoms with Crippen LogP contribution in [0.15, 0.2) is 41.3 Å². The molecule has 1 unspecified atom stereocenters. The summed E-state index contributed by atoms with van der Waals surface area (Å²) in [5.74, 6) is 2.01. The van der Waals surface area contributed by atoms with E-state index in [0.717, 1.165) is 11.1 Å². The second kappa shape index (κ2) is 5.60. The van der Waals surface area contributed by atoms with Gasteiger partial charge in [0.2, 0.25) is 10.0 Å². The lowest BCUT2D eigenvalue weighted by Crippen LogP contribution is -2.21. The summed E-state index contributed by atoms with van der Waals surface area (Å²) < 4.78 is 50.0. The molecule has 8 heteroatoms. The lowest BCUT2D eigenvalue weighted by molar-refractivity contribution is 0.0317. The molecule has 2 bridgehead atoms. The molecule has 3 aliphatic heterocycles. The van der Waals surface area contributed by atoms with Gasteiger partial charge in [0.25, 0.3) is 0 Å². The Balaban J connectivity index is 1.53. The highest BCUT2D eigenvalue weighted by atomic mass is 32.2. The van der Waals surface area contributed by atoms with Gasteiger partial charge < -0.3 is 18.9 Å². The molecule has 5 rings (SSSR count). The van der Waals surface area contributed by atoms with Crippen LogP contribution in [0.4, 0.5) is 0 Å². The first-order valence-electron chi connectivity index (χ1n) is 8.60. The number of morpholine rings is 1. The van der Waals surface area contributed by atoms with Crippen molar-refractivity contribution in [2.45, 2.75) is 29.2 Å². The van der Waals surface area contributed by atoms with Gasteiger partial charge in [0.15, 0.2) is 0 Å². The number of rotatable bonds is 5. The molecule has 5 atom stereocenters. The van der Waals surface area contributed by atoms with Crippen LogP contribution in [0.3, 0.4) is 0 Å². The summed E-state index contributed by atoms with van der Waals surface area (Å²) in [5, 5.41) is 0. The minimum absolute atomic E-state index is 0.212. The lowest BCUT2D eigenvalue weighted by Gasteiger charge is -2.16. The van der Waals surface area contributed by atoms with Crippen LogP contribution in [-0.4, -0.2) is 46.1 Å². The number of benzene rings is 2. The van der Waals surface area contributed by atoms with Crippen molar-refractivity contribution in [1.82, 2.24) is 4.31 Å². The van der Waals surface area contributed by atoms with Gasteiger partial charge in [-0.15, -0.1) is 0 Å². The molecule has 3 heterocycles. The van der Waals surface area contributed by atoms with Crippen molar-refractivity contribution >= 4 is 10.0 Å². The Bertz CT molecular complexity index is 976. The number of fused-ring (bicyclic) bond motifs is 8. The minimum Gasteiger partial charge on any atom is -0.497 e. The molecule has 0 aromatic heterocycles. The summed E-state index contributed by atoms with van der Waals surface area (Å²) in [4.78, 5) is 0.250. The number of sulfonamides is 1. The zero-order valence-corrected chi connectivity index (χ0v) is 15.9. The lowest BCUT2D eigenvalue weighted by atomic mass is 9.90. The third-order valence-corrected chi connectivity index (χ3v) is 7.52. The highest BCUT2D eigenvalue weighted by Gasteiger charge is 2.73. The van der Waals surface area contributed by atoms with Gasteiger partial charge in [-0.05, 0) is 36.4 Å². The van der Waals surface area contributed by atoms with Crippen LogP contribution in [-0.2, 0) is 14.8 Å². The molecular formula is C19H19NO6S. The van der Waals surface area contributed by atoms with E-state index in [1.165, 1.54) is 0 Å². The predicted octanol–water partition coefficient (Wildman–Crippen LogP) is 2.28. The van der Waals surface area contributed by atoms with Crippen LogP contribution in [0.5, 0.6) is 17.2 Å². The van der Waals surface area contributed by atoms with Crippen LogP contribution in [0.1, 0.15) is 23.3 Å². The topological polar surface area (TPSA) is 74.1 Å². The van der Waals surface area contributed by atoms with Gasteiger partial charge in [-0.2, -0.15) is 4.31 Å². The van der Waals surface area contributed by atoms with E-state index in [1.54, 1.807) is 49.9 Å². The van der Waals surface area contributed by atoms with E-state index in [4.69, 9.17) is 18.9 Å². The second-order valence-corrected chi connectivity index (χ2v) is 8.61. The summed E-state index contributed by atoms with van der Waals surface area (Å²) >= 11 is 0. The monoisotopic (exact) mass is 389 g/mol. The molecule has 0 amide bonds. The quantitative estimate of drug-likeness (QED) is 0.731. The molecule has 0 saturated carbocycles. The van der Waals surface area contributed by atoms with E-state index in [2.05, 4.69) is 0 Å². The van der Waals surface area contributed by atoms with Crippen molar-refractivity contribution in [3.05, 3.63) is 47.5 Å². The smallest absolute Gasteiger partial charge is 0.243 e. The first-order chi connectivity index (χ1) is 13.0. The first-order valence-corrected chi connectivity index (χ1v) is 10.0. The van der Waals surface area contributed by atoms with E-state index in [-0.39, 0.29) is 29.2 Å². The van der Waals surface area contributed by atoms with Crippen molar-refractivity contribution in [2.75, 3.05) is 21.3 Å². The van der Waals surface area contributed by atoms with Crippen LogP contribution in [0.2, 0.25) is 0 Å². The van der Waals surface area contributed by atoms with E-state index in [9.17, 15) is 8.42 Å². The van der Waals surface area contributed by atoms with Gasteiger partial charge in [-0.25, -0.2) is 8.42 Å². The van der Waals surface area contributed by atoms with Crippen molar-refractivity contribution in [3.63, 3.8) is 0 Å². The highest BCUT2D eigenvalue weighted by Crippen LogP contribution is 2.67. The van der Waals surface area contributed by atoms with Crippen LogP contribution in [0.25, 0.3) is 0 Å². The maximum absolute atomic E-state index is 13.2. The van der Waals surface area contributed by atoms with Gasteiger partial charge in [0.1, 0.15) is 29.5 Å². The number of nitrogens with zero attached hydrogens (tertiary/aromatic N) is 1. The fourth-order valence-corrected chi connectivity index (χ4v) is 6.18. The molecule has 142 valence electrons. The Morgan fingerprint density at radius 1 is 0.815 bits per heavy atom. The number of ether oxygens (including phenoxy) is 4. The van der Waals surface area contributed by atoms with Gasteiger partial charge in [0, 0.05) is 11.1 Å². The van der Waals surface area contributed by atoms with Gasteiger partial charge >= 0.3 is 0 Å². The molecule has 7 nitrogen and oxygen atoms in total. The summed E-state index contributed by atoms with van der Waals surface area (Å²) in [6, 6.07) is 9.68. The zero-order valence-electron chi connectivity index (χ0n) is 15.1. The third-order valence-electron chi connectivity index (χ3n) is 5.61. The van der Waals surface area contributed by atoms with Crippen LogP contribution >= 0.6 is 0 Å². The summed E-state index contributed by atoms with van der Waals surface area (Å²) in [5.41, 5.74) is 1.80. The third kappa shape index (κ3) is 2.11. The zero-order chi connectivity index (χ0) is 18.9. The average Bonchev–Trinajstić information content (AvgIpc) is 3.21. The fourth-order valence-electron chi connectivity index (χ4n) is 4.40. The van der Waals surface area contributed by atoms with Crippen molar-refractivity contribution < 1.29 is 27.4 Å². The second-order valence-electron chi connectivity index (χ2n) is 6.77. The average molecular weight is 389 g/mol. The standard InChI is InChI=1S/C19H19NO6S/c1-23-10-4-6-11(7-5-10)27(21,22)20-16-17(20)19-15-13(25-3)9-8-12(24-2)14(15)18(16)26-19/h4-9,16-19H,1-3H3/t16-,17+,18-,19+,20?. The molecule has 0 spiro atoms. The van der Waals surface area contributed by atoms with E-state index in [1.807, 2.05) is 12.1 Å². The van der Waals surface area contributed by atoms with Crippen molar-refractivity contribution in [3.8, 4) is 17.2 Å². The SMILES string of the molecule is COc1ccc(S(=O)(=O)N2[C@@H]3[C@H]2[C@H]2O[C@@H]3c3c(OC)ccc(OC)c32)cc1. The highest BCUT2D eigenvalue weighted by molar-refractivity contribution is 7.89. The molecule has 2 saturated heterocycles. The van der Waals surface area contributed by atoms with Crippen molar-refractivity contribution in [2.24, 2.45) is 0 Å². The number of hydrogen-bond donors (Lipinski definition) is 0.